The van der Waals surface area contributed by atoms with Gasteiger partial charge >= 0.3 is 6.09 Å². The standard InChI is InChI=1S/C35H39FN4O6/c1-4-5-16-45-35(42)38-27-12-8-7-11-26(27)37-33-31(36)24-19-40(18-21-14-15-22(43-2)17-29(21)44-3)34(41)30(24)32(39-33)25-20-46-28-13-9-6-10-23(25)28/h6,9-10,13-15,17,20,26-27H,4-5,7-8,11-12,16,18-19H2,1-3H3,(H,37,39)(H,38,42)/t26-,27+/m1/s1. The number of alkyl carbamates (subject to hydrolysis) is 1. The number of nitrogens with one attached hydrogen (secondary N) is 2. The lowest BCUT2D eigenvalue weighted by Gasteiger charge is -2.33. The van der Waals surface area contributed by atoms with Crippen molar-refractivity contribution >= 4 is 28.8 Å². The third kappa shape index (κ3) is 6.18. The van der Waals surface area contributed by atoms with E-state index >= 15 is 4.39 Å². The predicted molar refractivity (Wildman–Crippen MR) is 172 cm³/mol. The Balaban J connectivity index is 1.36. The molecule has 0 bridgehead atoms. The molecule has 2 aliphatic rings. The van der Waals surface area contributed by atoms with Crippen LogP contribution in [0.5, 0.6) is 11.5 Å². The van der Waals surface area contributed by atoms with E-state index in [0.717, 1.165) is 43.1 Å². The Kier molecular flexibility index (Phi) is 9.28. The SMILES string of the molecule is CCCCOC(=O)N[C@H]1CCCC[C@H]1Nc1nc(-c2coc3ccccc23)c2c(c1F)CN(Cc1ccc(OC)cc1OC)C2=O. The molecule has 242 valence electrons. The van der Waals surface area contributed by atoms with Crippen LogP contribution in [0.4, 0.5) is 15.0 Å². The fraction of sp³-hybridized carbons (Fsp3) is 0.400. The summed E-state index contributed by atoms with van der Waals surface area (Å²) in [6.45, 7) is 2.63. The fourth-order valence-electron chi connectivity index (χ4n) is 6.33. The first kappa shape index (κ1) is 31.2. The Hall–Kier alpha value is -4.80. The van der Waals surface area contributed by atoms with Crippen molar-refractivity contribution < 1.29 is 32.6 Å². The smallest absolute Gasteiger partial charge is 0.407 e. The van der Waals surface area contributed by atoms with Crippen LogP contribution >= 0.6 is 0 Å². The second kappa shape index (κ2) is 13.7. The second-order valence-electron chi connectivity index (χ2n) is 11.7. The summed E-state index contributed by atoms with van der Waals surface area (Å²) in [5.41, 5.74) is 2.81. The molecule has 1 aliphatic heterocycles. The number of ether oxygens (including phenoxy) is 3. The van der Waals surface area contributed by atoms with Gasteiger partial charge in [-0.1, -0.05) is 44.4 Å². The summed E-state index contributed by atoms with van der Waals surface area (Å²) >= 11 is 0. The van der Waals surface area contributed by atoms with Crippen LogP contribution in [-0.4, -0.2) is 54.8 Å². The van der Waals surface area contributed by atoms with E-state index in [1.807, 2.05) is 37.3 Å². The molecule has 2 N–H and O–H groups in total. The van der Waals surface area contributed by atoms with Gasteiger partial charge in [-0.05, 0) is 37.5 Å². The molecule has 1 fully saturated rings. The van der Waals surface area contributed by atoms with Crippen molar-refractivity contribution in [2.45, 2.75) is 70.6 Å². The van der Waals surface area contributed by atoms with Crippen molar-refractivity contribution in [3.05, 3.63) is 71.2 Å². The van der Waals surface area contributed by atoms with E-state index in [1.165, 1.54) is 0 Å². The van der Waals surface area contributed by atoms with Gasteiger partial charge in [0, 0.05) is 40.7 Å². The summed E-state index contributed by atoms with van der Waals surface area (Å²) in [6, 6.07) is 12.3. The molecule has 10 nitrogen and oxygen atoms in total. The summed E-state index contributed by atoms with van der Waals surface area (Å²) in [5, 5.41) is 7.05. The topological polar surface area (TPSA) is 115 Å². The van der Waals surface area contributed by atoms with Crippen molar-refractivity contribution in [1.82, 2.24) is 15.2 Å². The van der Waals surface area contributed by atoms with Crippen molar-refractivity contribution in [2.24, 2.45) is 0 Å². The van der Waals surface area contributed by atoms with E-state index in [-0.39, 0.29) is 48.0 Å². The summed E-state index contributed by atoms with van der Waals surface area (Å²) in [5.74, 6) is 0.307. The molecule has 1 aliphatic carbocycles. The number of anilines is 1. The largest absolute Gasteiger partial charge is 0.497 e. The molecule has 0 saturated heterocycles. The van der Waals surface area contributed by atoms with Crippen molar-refractivity contribution in [3.63, 3.8) is 0 Å². The molecule has 11 heteroatoms. The minimum absolute atomic E-state index is 0.0359. The average Bonchev–Trinajstić information content (AvgIpc) is 3.65. The minimum atomic E-state index is -0.584. The third-order valence-corrected chi connectivity index (χ3v) is 8.80. The Bertz CT molecular complexity index is 1740. The van der Waals surface area contributed by atoms with Gasteiger partial charge in [-0.2, -0.15) is 0 Å². The average molecular weight is 631 g/mol. The molecule has 46 heavy (non-hydrogen) atoms. The predicted octanol–water partition coefficient (Wildman–Crippen LogP) is 7.06. The van der Waals surface area contributed by atoms with Crippen LogP contribution in [0.15, 0.2) is 53.1 Å². The molecule has 0 spiro atoms. The first-order valence-corrected chi connectivity index (χ1v) is 15.8. The van der Waals surface area contributed by atoms with Gasteiger partial charge in [0.2, 0.25) is 0 Å². The monoisotopic (exact) mass is 630 g/mol. The number of benzene rings is 2. The molecule has 2 amide bonds. The number of carbonyl (C=O) groups excluding carboxylic acids is 2. The number of aromatic nitrogens is 1. The van der Waals surface area contributed by atoms with Crippen LogP contribution in [0.3, 0.4) is 0 Å². The lowest BCUT2D eigenvalue weighted by Crippen LogP contribution is -2.49. The van der Waals surface area contributed by atoms with E-state index in [4.69, 9.17) is 23.6 Å². The molecular formula is C35H39FN4O6. The molecular weight excluding hydrogens is 591 g/mol. The summed E-state index contributed by atoms with van der Waals surface area (Å²) < 4.78 is 38.6. The van der Waals surface area contributed by atoms with Gasteiger partial charge in [0.25, 0.3) is 5.91 Å². The number of hydrogen-bond acceptors (Lipinski definition) is 8. The number of rotatable bonds is 11. The molecule has 6 rings (SSSR count). The van der Waals surface area contributed by atoms with E-state index < -0.39 is 11.9 Å². The number of hydrogen-bond donors (Lipinski definition) is 2. The lowest BCUT2D eigenvalue weighted by molar-refractivity contribution is 0.0765. The highest BCUT2D eigenvalue weighted by Crippen LogP contribution is 2.40. The van der Waals surface area contributed by atoms with Gasteiger partial charge in [0.05, 0.1) is 44.7 Å². The first-order valence-electron chi connectivity index (χ1n) is 15.8. The van der Waals surface area contributed by atoms with Crippen LogP contribution in [0, 0.1) is 5.82 Å². The summed E-state index contributed by atoms with van der Waals surface area (Å²) in [4.78, 5) is 32.9. The molecule has 2 aromatic heterocycles. The fourth-order valence-corrected chi connectivity index (χ4v) is 6.33. The summed E-state index contributed by atoms with van der Waals surface area (Å²) in [6.07, 6.45) is 6.09. The molecule has 2 aromatic carbocycles. The second-order valence-corrected chi connectivity index (χ2v) is 11.7. The van der Waals surface area contributed by atoms with Gasteiger partial charge in [0.15, 0.2) is 11.6 Å². The molecule has 4 aromatic rings. The maximum absolute atomic E-state index is 16.5. The van der Waals surface area contributed by atoms with Gasteiger partial charge in [0.1, 0.15) is 23.3 Å². The minimum Gasteiger partial charge on any atom is -0.497 e. The van der Waals surface area contributed by atoms with Crippen LogP contribution in [0.2, 0.25) is 0 Å². The zero-order chi connectivity index (χ0) is 32.2. The number of pyridine rings is 1. The number of unbranched alkanes of at least 4 members (excludes halogenated alkanes) is 1. The normalized spacial score (nSPS) is 17.6. The number of nitrogens with zero attached hydrogens (tertiary/aromatic N) is 2. The highest BCUT2D eigenvalue weighted by molar-refractivity contribution is 6.07. The number of fused-ring (bicyclic) bond motifs is 2. The molecule has 1 saturated carbocycles. The third-order valence-electron chi connectivity index (χ3n) is 8.80. The number of methoxy groups -OCH3 is 2. The summed E-state index contributed by atoms with van der Waals surface area (Å²) in [7, 11) is 3.13. The maximum Gasteiger partial charge on any atom is 0.407 e. The Morgan fingerprint density at radius 3 is 2.70 bits per heavy atom. The maximum atomic E-state index is 16.5. The number of amides is 2. The number of carbonyl (C=O) groups is 2. The van der Waals surface area contributed by atoms with Crippen molar-refractivity contribution in [2.75, 3.05) is 26.1 Å². The zero-order valence-electron chi connectivity index (χ0n) is 26.4. The van der Waals surface area contributed by atoms with Crippen molar-refractivity contribution in [3.8, 4) is 22.8 Å². The van der Waals surface area contributed by atoms with Crippen LogP contribution in [-0.2, 0) is 17.8 Å². The van der Waals surface area contributed by atoms with Gasteiger partial charge in [-0.3, -0.25) is 4.79 Å². The van der Waals surface area contributed by atoms with Crippen LogP contribution < -0.4 is 20.1 Å². The molecule has 3 heterocycles. The number of para-hydroxylation sites is 1. The van der Waals surface area contributed by atoms with Crippen molar-refractivity contribution in [1.29, 1.82) is 0 Å². The van der Waals surface area contributed by atoms with E-state index in [1.54, 1.807) is 37.5 Å². The Morgan fingerprint density at radius 2 is 1.91 bits per heavy atom. The van der Waals surface area contributed by atoms with E-state index in [2.05, 4.69) is 10.6 Å². The Labute approximate surface area is 267 Å². The lowest BCUT2D eigenvalue weighted by atomic mass is 9.90. The van der Waals surface area contributed by atoms with Gasteiger partial charge < -0.3 is 34.2 Å². The Morgan fingerprint density at radius 1 is 1.11 bits per heavy atom. The quantitative estimate of drug-likeness (QED) is 0.169. The molecule has 2 atom stereocenters. The highest BCUT2D eigenvalue weighted by Gasteiger charge is 2.38. The number of halogens is 1. The van der Waals surface area contributed by atoms with E-state index in [0.29, 0.717) is 41.4 Å². The van der Waals surface area contributed by atoms with Gasteiger partial charge in [-0.25, -0.2) is 14.2 Å². The highest BCUT2D eigenvalue weighted by atomic mass is 19.1. The number of furan rings is 1. The molecule has 0 unspecified atom stereocenters. The van der Waals surface area contributed by atoms with Gasteiger partial charge in [-0.15, -0.1) is 0 Å². The van der Waals surface area contributed by atoms with E-state index in [9.17, 15) is 9.59 Å². The molecule has 0 radical (unpaired) electrons. The zero-order valence-corrected chi connectivity index (χ0v) is 26.4. The first-order chi connectivity index (χ1) is 22.4. The van der Waals surface area contributed by atoms with Crippen LogP contribution in [0.1, 0.15) is 66.9 Å². The van der Waals surface area contributed by atoms with Crippen LogP contribution in [0.25, 0.3) is 22.2 Å².